The lowest BCUT2D eigenvalue weighted by Gasteiger charge is -2.11. The third-order valence-electron chi connectivity index (χ3n) is 0.952. The Morgan fingerprint density at radius 3 is 2.42 bits per heavy atom. The molecule has 0 aromatic carbocycles. The molecule has 67 valence electrons. The molecule has 0 saturated carbocycles. The van der Waals surface area contributed by atoms with Gasteiger partial charge in [-0.15, -0.1) is 12.3 Å². The van der Waals surface area contributed by atoms with Gasteiger partial charge in [0, 0.05) is 6.42 Å². The van der Waals surface area contributed by atoms with E-state index in [9.17, 15) is 18.0 Å². The number of hydrogen-bond acceptors (Lipinski definition) is 1. The lowest BCUT2D eigenvalue weighted by molar-refractivity contribution is -0.173. The van der Waals surface area contributed by atoms with Crippen molar-refractivity contribution in [2.24, 2.45) is 0 Å². The van der Waals surface area contributed by atoms with Gasteiger partial charge < -0.3 is 5.32 Å². The van der Waals surface area contributed by atoms with Crippen molar-refractivity contribution >= 4 is 5.91 Å². The number of nitrogens with one attached hydrogen (secondary N) is 1. The lowest BCUT2D eigenvalue weighted by Crippen LogP contribution is -2.38. The van der Waals surface area contributed by atoms with Crippen molar-refractivity contribution in [3.8, 4) is 12.3 Å². The molecule has 0 aliphatic rings. The third kappa shape index (κ3) is 3.86. The minimum atomic E-state index is -4.85. The van der Waals surface area contributed by atoms with Crippen molar-refractivity contribution in [1.82, 2.24) is 5.32 Å². The van der Waals surface area contributed by atoms with E-state index in [1.807, 2.05) is 0 Å². The Morgan fingerprint density at radius 1 is 1.58 bits per heavy atom. The Hall–Kier alpha value is -1.18. The average Bonchev–Trinajstić information content (AvgIpc) is 1.85. The van der Waals surface area contributed by atoms with E-state index in [0.717, 1.165) is 0 Å². The second kappa shape index (κ2) is 4.00. The molecule has 0 rings (SSSR count). The Labute approximate surface area is 68.1 Å². The number of amides is 1. The van der Waals surface area contributed by atoms with E-state index in [1.165, 1.54) is 6.92 Å². The van der Waals surface area contributed by atoms with Gasteiger partial charge >= 0.3 is 12.1 Å². The van der Waals surface area contributed by atoms with Crippen LogP contribution in [-0.2, 0) is 4.79 Å². The molecule has 0 aliphatic heterocycles. The summed E-state index contributed by atoms with van der Waals surface area (Å²) < 4.78 is 34.7. The van der Waals surface area contributed by atoms with E-state index in [1.54, 1.807) is 5.32 Å². The SMILES string of the molecule is C#CC[C](C)NC(=O)C(F)(F)F. The molecule has 1 amide bonds. The molecule has 0 heterocycles. The van der Waals surface area contributed by atoms with Gasteiger partial charge in [0.05, 0.1) is 6.04 Å². The summed E-state index contributed by atoms with van der Waals surface area (Å²) in [5, 5.41) is 1.63. The van der Waals surface area contributed by atoms with Gasteiger partial charge in [0.1, 0.15) is 0 Å². The molecule has 0 bridgehead atoms. The fraction of sp³-hybridized carbons (Fsp3) is 0.429. The van der Waals surface area contributed by atoms with Crippen LogP contribution in [0.15, 0.2) is 0 Å². The van der Waals surface area contributed by atoms with Crippen LogP contribution in [-0.4, -0.2) is 12.1 Å². The topological polar surface area (TPSA) is 29.1 Å². The zero-order valence-electron chi connectivity index (χ0n) is 6.33. The first kappa shape index (κ1) is 10.8. The summed E-state index contributed by atoms with van der Waals surface area (Å²) in [4.78, 5) is 10.2. The first-order chi connectivity index (χ1) is 5.38. The van der Waals surface area contributed by atoms with E-state index in [-0.39, 0.29) is 12.5 Å². The van der Waals surface area contributed by atoms with Gasteiger partial charge in [0.25, 0.3) is 0 Å². The van der Waals surface area contributed by atoms with Crippen LogP contribution in [0.25, 0.3) is 0 Å². The number of rotatable bonds is 2. The van der Waals surface area contributed by atoms with Crippen molar-refractivity contribution in [2.45, 2.75) is 19.5 Å². The van der Waals surface area contributed by atoms with Crippen LogP contribution in [0.5, 0.6) is 0 Å². The summed E-state index contributed by atoms with van der Waals surface area (Å²) >= 11 is 0. The normalized spacial score (nSPS) is 11.0. The standard InChI is InChI=1S/C7H7F3NO/c1-3-4-5(2)11-6(12)7(8,9)10/h1H,4H2,2H3,(H,11,12). The molecule has 0 atom stereocenters. The highest BCUT2D eigenvalue weighted by Crippen LogP contribution is 2.15. The lowest BCUT2D eigenvalue weighted by atomic mass is 10.2. The van der Waals surface area contributed by atoms with Gasteiger partial charge in [0.15, 0.2) is 0 Å². The zero-order chi connectivity index (χ0) is 9.78. The first-order valence-electron chi connectivity index (χ1n) is 3.02. The molecule has 2 nitrogen and oxygen atoms in total. The van der Waals surface area contributed by atoms with Gasteiger partial charge in [-0.2, -0.15) is 13.2 Å². The van der Waals surface area contributed by atoms with Crippen LogP contribution < -0.4 is 5.32 Å². The Balaban J connectivity index is 3.95. The van der Waals surface area contributed by atoms with Crippen LogP contribution in [0.2, 0.25) is 0 Å². The van der Waals surface area contributed by atoms with Crippen molar-refractivity contribution in [1.29, 1.82) is 0 Å². The molecule has 0 unspecified atom stereocenters. The molecule has 5 heteroatoms. The van der Waals surface area contributed by atoms with Crippen LogP contribution >= 0.6 is 0 Å². The van der Waals surface area contributed by atoms with Crippen molar-refractivity contribution in [3.05, 3.63) is 6.04 Å². The largest absolute Gasteiger partial charge is 0.471 e. The summed E-state index contributed by atoms with van der Waals surface area (Å²) in [6.45, 7) is 1.32. The molecule has 12 heavy (non-hydrogen) atoms. The summed E-state index contributed by atoms with van der Waals surface area (Å²) in [6, 6.07) is 0.111. The number of hydrogen-bond donors (Lipinski definition) is 1. The highest BCUT2D eigenvalue weighted by Gasteiger charge is 2.39. The van der Waals surface area contributed by atoms with Gasteiger partial charge in [-0.3, -0.25) is 4.79 Å². The van der Waals surface area contributed by atoms with Crippen molar-refractivity contribution in [2.75, 3.05) is 0 Å². The molecule has 0 aromatic rings. The summed E-state index contributed by atoms with van der Waals surface area (Å²) in [7, 11) is 0. The first-order valence-corrected chi connectivity index (χ1v) is 3.02. The minimum absolute atomic E-state index is 0.00181. The molecule has 0 spiro atoms. The number of terminal acetylenes is 1. The van der Waals surface area contributed by atoms with Gasteiger partial charge in [-0.25, -0.2) is 0 Å². The smallest absolute Gasteiger partial charge is 0.340 e. The highest BCUT2D eigenvalue weighted by atomic mass is 19.4. The van der Waals surface area contributed by atoms with Crippen LogP contribution in [0, 0.1) is 18.4 Å². The van der Waals surface area contributed by atoms with E-state index < -0.39 is 12.1 Å². The highest BCUT2D eigenvalue weighted by molar-refractivity contribution is 5.82. The Bertz CT molecular complexity index is 204. The molecule has 0 fully saturated rings. The maximum atomic E-state index is 11.6. The molecular formula is C7H7F3NO. The van der Waals surface area contributed by atoms with Gasteiger partial charge in [-0.05, 0) is 6.92 Å². The number of alkyl halides is 3. The summed E-state index contributed by atoms with van der Waals surface area (Å²) in [5.41, 5.74) is 0. The second-order valence-corrected chi connectivity index (χ2v) is 2.11. The molecule has 1 radical (unpaired) electrons. The van der Waals surface area contributed by atoms with Crippen LogP contribution in [0.4, 0.5) is 13.2 Å². The minimum Gasteiger partial charge on any atom is -0.340 e. The molecule has 0 saturated heterocycles. The number of halogens is 3. The number of carbonyl (C=O) groups excluding carboxylic acids is 1. The van der Waals surface area contributed by atoms with Crippen LogP contribution in [0.3, 0.4) is 0 Å². The fourth-order valence-corrected chi connectivity index (χ4v) is 0.462. The zero-order valence-corrected chi connectivity index (χ0v) is 6.33. The van der Waals surface area contributed by atoms with Gasteiger partial charge in [0.2, 0.25) is 0 Å². The monoisotopic (exact) mass is 178 g/mol. The van der Waals surface area contributed by atoms with E-state index in [2.05, 4.69) is 5.92 Å². The molecular weight excluding hydrogens is 171 g/mol. The maximum absolute atomic E-state index is 11.6. The Kier molecular flexibility index (Phi) is 3.61. The second-order valence-electron chi connectivity index (χ2n) is 2.11. The van der Waals surface area contributed by atoms with Gasteiger partial charge in [-0.1, -0.05) is 0 Å². The molecule has 0 aromatic heterocycles. The molecule has 1 N–H and O–H groups in total. The van der Waals surface area contributed by atoms with E-state index in [4.69, 9.17) is 6.42 Å². The fourth-order valence-electron chi connectivity index (χ4n) is 0.462. The van der Waals surface area contributed by atoms with Crippen molar-refractivity contribution in [3.63, 3.8) is 0 Å². The number of carbonyl (C=O) groups is 1. The molecule has 0 aliphatic carbocycles. The van der Waals surface area contributed by atoms with E-state index >= 15 is 0 Å². The van der Waals surface area contributed by atoms with Crippen LogP contribution in [0.1, 0.15) is 13.3 Å². The predicted molar refractivity (Wildman–Crippen MR) is 36.6 cm³/mol. The average molecular weight is 178 g/mol. The van der Waals surface area contributed by atoms with E-state index in [0.29, 0.717) is 0 Å². The Morgan fingerprint density at radius 2 is 2.08 bits per heavy atom. The third-order valence-corrected chi connectivity index (χ3v) is 0.952. The predicted octanol–water partition coefficient (Wildman–Crippen LogP) is 1.24. The quantitative estimate of drug-likeness (QED) is 0.633. The maximum Gasteiger partial charge on any atom is 0.471 e. The van der Waals surface area contributed by atoms with Crippen molar-refractivity contribution < 1.29 is 18.0 Å². The summed E-state index contributed by atoms with van der Waals surface area (Å²) in [6.07, 6.45) is -0.0387. The summed E-state index contributed by atoms with van der Waals surface area (Å²) in [5.74, 6) is 0.115.